The number of hydrogen-bond acceptors (Lipinski definition) is 7. The Balaban J connectivity index is 2.66. The van der Waals surface area contributed by atoms with Gasteiger partial charge in [0.2, 0.25) is 11.8 Å². The number of anilines is 1. The van der Waals surface area contributed by atoms with Crippen LogP contribution in [0.25, 0.3) is 5.69 Å². The highest BCUT2D eigenvalue weighted by molar-refractivity contribution is 14.1. The van der Waals surface area contributed by atoms with Crippen LogP contribution in [0.1, 0.15) is 42.9 Å². The lowest BCUT2D eigenvalue weighted by atomic mass is 10.1. The summed E-state index contributed by atoms with van der Waals surface area (Å²) in [6.45, 7) is 6.13. The van der Waals surface area contributed by atoms with Crippen LogP contribution in [0.3, 0.4) is 0 Å². The van der Waals surface area contributed by atoms with Crippen LogP contribution in [-0.2, 0) is 4.74 Å². The van der Waals surface area contributed by atoms with Crippen molar-refractivity contribution in [1.29, 1.82) is 0 Å². The number of carbonyl (C=O) groups excluding carboxylic acids is 1. The first-order valence-electron chi connectivity index (χ1n) is 7.86. The minimum Gasteiger partial charge on any atom is -0.479 e. The first-order valence-corrected chi connectivity index (χ1v) is 8.93. The molecule has 0 unspecified atom stereocenters. The van der Waals surface area contributed by atoms with Crippen molar-refractivity contribution >= 4 is 34.5 Å². The van der Waals surface area contributed by atoms with Gasteiger partial charge in [-0.1, -0.05) is 13.8 Å². The molecule has 0 aromatic carbocycles. The van der Waals surface area contributed by atoms with Crippen molar-refractivity contribution < 1.29 is 14.3 Å². The molecule has 136 valence electrons. The molecule has 0 bridgehead atoms. The summed E-state index contributed by atoms with van der Waals surface area (Å²) < 4.78 is 13.0. The van der Waals surface area contributed by atoms with E-state index in [9.17, 15) is 4.79 Å². The average Bonchev–Trinajstić information content (AvgIpc) is 2.91. The molecule has 0 aliphatic rings. The van der Waals surface area contributed by atoms with Gasteiger partial charge in [-0.25, -0.2) is 14.5 Å². The molecule has 0 spiro atoms. The second kappa shape index (κ2) is 7.98. The van der Waals surface area contributed by atoms with E-state index in [1.54, 1.807) is 29.8 Å². The number of ether oxygens (including phenoxy) is 2. The van der Waals surface area contributed by atoms with Gasteiger partial charge in [0.1, 0.15) is 5.69 Å². The van der Waals surface area contributed by atoms with Crippen LogP contribution in [0, 0.1) is 3.57 Å². The van der Waals surface area contributed by atoms with Crippen LogP contribution < -0.4 is 9.64 Å². The van der Waals surface area contributed by atoms with Gasteiger partial charge < -0.3 is 14.4 Å². The number of aromatic nitrogens is 4. The van der Waals surface area contributed by atoms with E-state index >= 15 is 0 Å². The highest BCUT2D eigenvalue weighted by atomic mass is 127. The second-order valence-electron chi connectivity index (χ2n) is 5.79. The monoisotopic (exact) mass is 459 g/mol. The maximum atomic E-state index is 12.2. The van der Waals surface area contributed by atoms with Crippen LogP contribution in [0.15, 0.2) is 6.20 Å². The van der Waals surface area contributed by atoms with E-state index in [1.165, 1.54) is 0 Å². The molecule has 25 heavy (non-hydrogen) atoms. The summed E-state index contributed by atoms with van der Waals surface area (Å²) in [4.78, 5) is 22.7. The average molecular weight is 459 g/mol. The number of carbonyl (C=O) groups is 1. The van der Waals surface area contributed by atoms with E-state index in [0.29, 0.717) is 24.1 Å². The molecular formula is C16H22IN5O3. The highest BCUT2D eigenvalue weighted by Crippen LogP contribution is 2.31. The summed E-state index contributed by atoms with van der Waals surface area (Å²) in [7, 11) is 5.24. The topological polar surface area (TPSA) is 82.4 Å². The molecule has 8 nitrogen and oxygen atoms in total. The Morgan fingerprint density at radius 1 is 1.40 bits per heavy atom. The third kappa shape index (κ3) is 3.86. The molecule has 2 aromatic rings. The van der Waals surface area contributed by atoms with Gasteiger partial charge in [-0.3, -0.25) is 0 Å². The number of esters is 1. The molecule has 0 aliphatic heterocycles. The Bertz CT molecular complexity index is 773. The van der Waals surface area contributed by atoms with Gasteiger partial charge in [-0.2, -0.15) is 10.1 Å². The van der Waals surface area contributed by atoms with Gasteiger partial charge in [-0.05, 0) is 35.4 Å². The number of hydrogen-bond donors (Lipinski definition) is 0. The quantitative estimate of drug-likeness (QED) is 0.485. The molecule has 0 amide bonds. The van der Waals surface area contributed by atoms with E-state index in [0.717, 1.165) is 9.26 Å². The van der Waals surface area contributed by atoms with Gasteiger partial charge in [0, 0.05) is 14.1 Å². The van der Waals surface area contributed by atoms with Crippen molar-refractivity contribution in [3.63, 3.8) is 0 Å². The standard InChI is InChI=1S/C16H22IN5O3/c1-7-25-15(23)12-11(17)13(9(2)3)22(20-12)10-8-18-16(21(4)5)19-14(10)24-6/h8-9H,7H2,1-6H3. The van der Waals surface area contributed by atoms with E-state index in [1.807, 2.05) is 27.9 Å². The highest BCUT2D eigenvalue weighted by Gasteiger charge is 2.26. The van der Waals surface area contributed by atoms with Crippen LogP contribution in [0.4, 0.5) is 5.95 Å². The van der Waals surface area contributed by atoms with Crippen molar-refractivity contribution in [1.82, 2.24) is 19.7 Å². The molecular weight excluding hydrogens is 437 g/mol. The van der Waals surface area contributed by atoms with E-state index in [2.05, 4.69) is 37.7 Å². The summed E-state index contributed by atoms with van der Waals surface area (Å²) in [5, 5.41) is 4.46. The molecule has 0 fully saturated rings. The predicted octanol–water partition coefficient (Wildman–Crippen LogP) is 2.64. The maximum absolute atomic E-state index is 12.2. The molecule has 0 radical (unpaired) electrons. The second-order valence-corrected chi connectivity index (χ2v) is 6.87. The first-order chi connectivity index (χ1) is 11.8. The number of methoxy groups -OCH3 is 1. The molecule has 0 N–H and O–H groups in total. The maximum Gasteiger partial charge on any atom is 0.359 e. The van der Waals surface area contributed by atoms with Crippen LogP contribution in [-0.4, -0.2) is 53.5 Å². The zero-order chi connectivity index (χ0) is 18.7. The molecule has 0 saturated carbocycles. The third-order valence-corrected chi connectivity index (χ3v) is 4.48. The van der Waals surface area contributed by atoms with Gasteiger partial charge in [-0.15, -0.1) is 0 Å². The number of nitrogens with zero attached hydrogens (tertiary/aromatic N) is 5. The molecule has 9 heteroatoms. The van der Waals surface area contributed by atoms with E-state index in [-0.39, 0.29) is 11.6 Å². The Morgan fingerprint density at radius 3 is 2.60 bits per heavy atom. The minimum absolute atomic E-state index is 0.126. The predicted molar refractivity (Wildman–Crippen MR) is 103 cm³/mol. The van der Waals surface area contributed by atoms with Gasteiger partial charge in [0.05, 0.1) is 29.2 Å². The van der Waals surface area contributed by atoms with E-state index < -0.39 is 5.97 Å². The minimum atomic E-state index is -0.447. The SMILES string of the molecule is CCOC(=O)c1nn(-c2cnc(N(C)C)nc2OC)c(C(C)C)c1I. The smallest absolute Gasteiger partial charge is 0.359 e. The molecule has 2 heterocycles. The largest absolute Gasteiger partial charge is 0.479 e. The summed E-state index contributed by atoms with van der Waals surface area (Å²) in [5.74, 6) is 0.590. The lowest BCUT2D eigenvalue weighted by Gasteiger charge is -2.15. The molecule has 0 saturated heterocycles. The number of rotatable bonds is 6. The molecule has 0 aliphatic carbocycles. The Hall–Kier alpha value is -1.91. The third-order valence-electron chi connectivity index (χ3n) is 3.42. The van der Waals surface area contributed by atoms with Crippen LogP contribution in [0.2, 0.25) is 0 Å². The first kappa shape index (κ1) is 19.4. The summed E-state index contributed by atoms with van der Waals surface area (Å²) in [5.41, 5.74) is 1.73. The van der Waals surface area contributed by atoms with Gasteiger partial charge >= 0.3 is 5.97 Å². The zero-order valence-electron chi connectivity index (χ0n) is 15.2. The lowest BCUT2D eigenvalue weighted by Crippen LogP contribution is -2.15. The lowest BCUT2D eigenvalue weighted by molar-refractivity contribution is 0.0517. The van der Waals surface area contributed by atoms with Crippen molar-refractivity contribution in [3.05, 3.63) is 21.2 Å². The molecule has 2 aromatic heterocycles. The van der Waals surface area contributed by atoms with Crippen LogP contribution in [0.5, 0.6) is 5.88 Å². The molecule has 0 atom stereocenters. The summed E-state index contributed by atoms with van der Waals surface area (Å²) >= 11 is 2.13. The molecule has 2 rings (SSSR count). The fraction of sp³-hybridized carbons (Fsp3) is 0.500. The van der Waals surface area contributed by atoms with E-state index in [4.69, 9.17) is 9.47 Å². The Labute approximate surface area is 160 Å². The summed E-state index contributed by atoms with van der Waals surface area (Å²) in [6, 6.07) is 0. The van der Waals surface area contributed by atoms with Crippen molar-refractivity contribution in [2.75, 3.05) is 32.7 Å². The number of halogens is 1. The van der Waals surface area contributed by atoms with Gasteiger partial charge in [0.15, 0.2) is 5.69 Å². The van der Waals surface area contributed by atoms with Crippen molar-refractivity contribution in [2.45, 2.75) is 26.7 Å². The zero-order valence-corrected chi connectivity index (χ0v) is 17.4. The van der Waals surface area contributed by atoms with Gasteiger partial charge in [0.25, 0.3) is 0 Å². The normalized spacial score (nSPS) is 10.9. The fourth-order valence-electron chi connectivity index (χ4n) is 2.29. The van der Waals surface area contributed by atoms with Crippen molar-refractivity contribution in [3.8, 4) is 11.6 Å². The summed E-state index contributed by atoms with van der Waals surface area (Å²) in [6.07, 6.45) is 1.64. The Morgan fingerprint density at radius 2 is 2.08 bits per heavy atom. The van der Waals surface area contributed by atoms with Crippen LogP contribution >= 0.6 is 22.6 Å². The fourth-order valence-corrected chi connectivity index (χ4v) is 3.46. The Kier molecular flexibility index (Phi) is 6.20. The van der Waals surface area contributed by atoms with Crippen molar-refractivity contribution in [2.24, 2.45) is 0 Å².